The lowest BCUT2D eigenvalue weighted by molar-refractivity contribution is 0.0573. The number of piperazine rings is 1. The van der Waals surface area contributed by atoms with E-state index in [0.29, 0.717) is 11.6 Å². The van der Waals surface area contributed by atoms with Crippen molar-refractivity contribution >= 4 is 0 Å². The van der Waals surface area contributed by atoms with E-state index in [1.807, 2.05) is 0 Å². The summed E-state index contributed by atoms with van der Waals surface area (Å²) in [5, 5.41) is 3.87. The van der Waals surface area contributed by atoms with Gasteiger partial charge in [-0.15, -0.1) is 0 Å². The molecular formula is C18H28N2. The predicted molar refractivity (Wildman–Crippen MR) is 84.9 cm³/mol. The molecule has 1 heterocycles. The van der Waals surface area contributed by atoms with Crippen LogP contribution in [0, 0.1) is 6.92 Å². The third kappa shape index (κ3) is 3.07. The number of hydrogen-bond acceptors (Lipinski definition) is 2. The first-order valence-electron chi connectivity index (χ1n) is 8.22. The van der Waals surface area contributed by atoms with E-state index in [0.717, 1.165) is 13.1 Å². The Balaban J connectivity index is 1.69. The highest BCUT2D eigenvalue weighted by Gasteiger charge is 2.38. The molecule has 2 aliphatic rings. The molecule has 1 saturated heterocycles. The summed E-state index contributed by atoms with van der Waals surface area (Å²) in [4.78, 5) is 2.69. The topological polar surface area (TPSA) is 15.3 Å². The van der Waals surface area contributed by atoms with Crippen molar-refractivity contribution in [2.24, 2.45) is 0 Å². The quantitative estimate of drug-likeness (QED) is 0.886. The zero-order chi connectivity index (χ0) is 14.0. The van der Waals surface area contributed by atoms with Crippen LogP contribution in [0.15, 0.2) is 24.3 Å². The maximum atomic E-state index is 3.87. The van der Waals surface area contributed by atoms with Crippen molar-refractivity contribution in [3.05, 3.63) is 35.4 Å². The summed E-state index contributed by atoms with van der Waals surface area (Å²) in [5.41, 5.74) is 3.22. The average molecular weight is 272 g/mol. The van der Waals surface area contributed by atoms with Crippen molar-refractivity contribution in [2.75, 3.05) is 13.1 Å². The number of benzene rings is 1. The van der Waals surface area contributed by atoms with Gasteiger partial charge >= 0.3 is 0 Å². The van der Waals surface area contributed by atoms with Crippen LogP contribution in [0.2, 0.25) is 0 Å². The lowest BCUT2D eigenvalue weighted by atomic mass is 9.79. The van der Waals surface area contributed by atoms with Crippen molar-refractivity contribution in [3.8, 4) is 0 Å². The molecule has 20 heavy (non-hydrogen) atoms. The van der Waals surface area contributed by atoms with E-state index in [1.165, 1.54) is 49.8 Å². The van der Waals surface area contributed by atoms with Crippen LogP contribution in [0.4, 0.5) is 0 Å². The maximum Gasteiger partial charge on any atom is 0.0309 e. The fraction of sp³-hybridized carbons (Fsp3) is 0.667. The smallest absolute Gasteiger partial charge is 0.0309 e. The highest BCUT2D eigenvalue weighted by Crippen LogP contribution is 2.32. The minimum Gasteiger partial charge on any atom is -0.308 e. The van der Waals surface area contributed by atoms with E-state index in [1.54, 1.807) is 0 Å². The molecule has 2 nitrogen and oxygen atoms in total. The van der Waals surface area contributed by atoms with Crippen LogP contribution in [-0.2, 0) is 6.54 Å². The minimum absolute atomic E-state index is 0.412. The maximum absolute atomic E-state index is 3.87. The van der Waals surface area contributed by atoms with E-state index in [-0.39, 0.29) is 0 Å². The zero-order valence-electron chi connectivity index (χ0n) is 13.0. The third-order valence-electron chi connectivity index (χ3n) is 5.22. The van der Waals surface area contributed by atoms with Crippen molar-refractivity contribution in [3.63, 3.8) is 0 Å². The van der Waals surface area contributed by atoms with Crippen molar-refractivity contribution in [1.29, 1.82) is 0 Å². The monoisotopic (exact) mass is 272 g/mol. The van der Waals surface area contributed by atoms with Gasteiger partial charge in [-0.3, -0.25) is 4.90 Å². The molecule has 1 spiro atoms. The molecule has 110 valence electrons. The molecule has 0 radical (unpaired) electrons. The van der Waals surface area contributed by atoms with Crippen molar-refractivity contribution < 1.29 is 0 Å². The van der Waals surface area contributed by atoms with Crippen LogP contribution in [0.1, 0.15) is 50.2 Å². The van der Waals surface area contributed by atoms with Crippen LogP contribution in [0.25, 0.3) is 0 Å². The molecule has 2 fully saturated rings. The van der Waals surface area contributed by atoms with Gasteiger partial charge in [0.05, 0.1) is 0 Å². The van der Waals surface area contributed by atoms with Gasteiger partial charge in [-0.25, -0.2) is 0 Å². The second-order valence-electron chi connectivity index (χ2n) is 6.96. The van der Waals surface area contributed by atoms with Crippen LogP contribution in [0.5, 0.6) is 0 Å². The Morgan fingerprint density at radius 3 is 2.55 bits per heavy atom. The van der Waals surface area contributed by atoms with Crippen molar-refractivity contribution in [2.45, 2.75) is 64.1 Å². The Bertz CT molecular complexity index is 431. The van der Waals surface area contributed by atoms with Crippen LogP contribution in [0.3, 0.4) is 0 Å². The molecule has 1 unspecified atom stereocenters. The summed E-state index contributed by atoms with van der Waals surface area (Å²) in [6.45, 7) is 7.99. The summed E-state index contributed by atoms with van der Waals surface area (Å²) in [5.74, 6) is 0. The van der Waals surface area contributed by atoms with Gasteiger partial charge < -0.3 is 5.32 Å². The lowest BCUT2D eigenvalue weighted by Gasteiger charge is -2.49. The predicted octanol–water partition coefficient (Wildman–Crippen LogP) is 3.49. The van der Waals surface area contributed by atoms with E-state index >= 15 is 0 Å². The third-order valence-corrected chi connectivity index (χ3v) is 5.22. The standard InChI is InChI=1S/C18H28N2/c1-15-6-8-17(9-7-15)13-20-14-18(19-12-16(20)2)10-4-3-5-11-18/h6-9,16,19H,3-5,10-14H2,1-2H3. The summed E-state index contributed by atoms with van der Waals surface area (Å²) in [7, 11) is 0. The molecule has 1 aromatic carbocycles. The van der Waals surface area contributed by atoms with E-state index in [2.05, 4.69) is 48.3 Å². The van der Waals surface area contributed by atoms with Gasteiger partial charge in [0.15, 0.2) is 0 Å². The van der Waals surface area contributed by atoms with Crippen molar-refractivity contribution in [1.82, 2.24) is 10.2 Å². The Morgan fingerprint density at radius 2 is 1.85 bits per heavy atom. The second-order valence-corrected chi connectivity index (χ2v) is 6.96. The van der Waals surface area contributed by atoms with Gasteiger partial charge in [0.1, 0.15) is 0 Å². The summed E-state index contributed by atoms with van der Waals surface area (Å²) < 4.78 is 0. The minimum atomic E-state index is 0.412. The summed E-state index contributed by atoms with van der Waals surface area (Å²) in [6, 6.07) is 9.69. The Kier molecular flexibility index (Phi) is 4.13. The molecule has 0 aromatic heterocycles. The highest BCUT2D eigenvalue weighted by molar-refractivity contribution is 5.21. The molecule has 1 aromatic rings. The van der Waals surface area contributed by atoms with Gasteiger partial charge in [0.2, 0.25) is 0 Å². The molecule has 1 aliphatic carbocycles. The number of hydrogen-bond donors (Lipinski definition) is 1. The Hall–Kier alpha value is -0.860. The first-order chi connectivity index (χ1) is 9.67. The molecule has 1 saturated carbocycles. The molecule has 2 heteroatoms. The first kappa shape index (κ1) is 14.1. The highest BCUT2D eigenvalue weighted by atomic mass is 15.2. The second kappa shape index (κ2) is 5.87. The molecule has 0 amide bonds. The van der Waals surface area contributed by atoms with Gasteiger partial charge in [-0.1, -0.05) is 49.1 Å². The Labute approximate surface area is 123 Å². The van der Waals surface area contributed by atoms with E-state index < -0.39 is 0 Å². The van der Waals surface area contributed by atoms with Crippen LogP contribution >= 0.6 is 0 Å². The number of nitrogens with one attached hydrogen (secondary N) is 1. The Morgan fingerprint density at radius 1 is 1.15 bits per heavy atom. The molecule has 3 rings (SSSR count). The van der Waals surface area contributed by atoms with E-state index in [9.17, 15) is 0 Å². The lowest BCUT2D eigenvalue weighted by Crippen LogP contribution is -2.63. The van der Waals surface area contributed by atoms with Gasteiger partial charge in [-0.05, 0) is 32.3 Å². The van der Waals surface area contributed by atoms with E-state index in [4.69, 9.17) is 0 Å². The fourth-order valence-electron chi connectivity index (χ4n) is 3.80. The normalized spacial score (nSPS) is 26.8. The number of aryl methyl sites for hydroxylation is 1. The van der Waals surface area contributed by atoms with Gasteiger partial charge in [-0.2, -0.15) is 0 Å². The molecule has 1 atom stereocenters. The number of rotatable bonds is 2. The molecular weight excluding hydrogens is 244 g/mol. The van der Waals surface area contributed by atoms with Crippen LogP contribution in [-0.4, -0.2) is 29.6 Å². The largest absolute Gasteiger partial charge is 0.308 e. The number of nitrogens with zero attached hydrogens (tertiary/aromatic N) is 1. The average Bonchev–Trinajstić information content (AvgIpc) is 2.47. The molecule has 1 aliphatic heterocycles. The first-order valence-corrected chi connectivity index (χ1v) is 8.22. The molecule has 0 bridgehead atoms. The molecule has 1 N–H and O–H groups in total. The fourth-order valence-corrected chi connectivity index (χ4v) is 3.80. The zero-order valence-corrected chi connectivity index (χ0v) is 13.0. The van der Waals surface area contributed by atoms with Gasteiger partial charge in [0.25, 0.3) is 0 Å². The van der Waals surface area contributed by atoms with Crippen LogP contribution < -0.4 is 5.32 Å². The van der Waals surface area contributed by atoms with Gasteiger partial charge in [0, 0.05) is 31.2 Å². The summed E-state index contributed by atoms with van der Waals surface area (Å²) in [6.07, 6.45) is 6.96. The summed E-state index contributed by atoms with van der Waals surface area (Å²) >= 11 is 0. The SMILES string of the molecule is Cc1ccc(CN2CC3(CCCCC3)NCC2C)cc1.